The fraction of sp³-hybridized carbons (Fsp3) is 0.375. The highest BCUT2D eigenvalue weighted by atomic mass is 35.5. The molecule has 0 fully saturated rings. The Kier molecular flexibility index (Phi) is 3.09. The molecule has 1 rings (SSSR count). The molecule has 1 aromatic rings. The Morgan fingerprint density at radius 2 is 2.36 bits per heavy atom. The lowest BCUT2D eigenvalue weighted by Gasteiger charge is -1.91. The van der Waals surface area contributed by atoms with E-state index in [0.29, 0.717) is 5.92 Å². The van der Waals surface area contributed by atoms with Crippen LogP contribution >= 0.6 is 22.9 Å². The van der Waals surface area contributed by atoms with E-state index >= 15 is 0 Å². The van der Waals surface area contributed by atoms with Crippen LogP contribution in [0.15, 0.2) is 11.6 Å². The van der Waals surface area contributed by atoms with Gasteiger partial charge in [0.05, 0.1) is 11.2 Å². The second-order valence-corrected chi connectivity index (χ2v) is 4.07. The monoisotopic (exact) mass is 187 g/mol. The van der Waals surface area contributed by atoms with Gasteiger partial charge in [0.1, 0.15) is 4.34 Å². The van der Waals surface area contributed by atoms with Crippen LogP contribution in [-0.4, -0.2) is 4.98 Å². The summed E-state index contributed by atoms with van der Waals surface area (Å²) in [4.78, 5) is 4.09. The average Bonchev–Trinajstić information content (AvgIpc) is 2.31. The van der Waals surface area contributed by atoms with Crippen molar-refractivity contribution in [3.63, 3.8) is 0 Å². The molecule has 0 bridgehead atoms. The number of allylic oxidation sites excluding steroid dienone is 1. The van der Waals surface area contributed by atoms with Crippen LogP contribution in [0.25, 0.3) is 6.08 Å². The van der Waals surface area contributed by atoms with Gasteiger partial charge in [-0.15, -0.1) is 11.3 Å². The van der Waals surface area contributed by atoms with Crippen LogP contribution in [0.3, 0.4) is 0 Å². The van der Waals surface area contributed by atoms with Crippen molar-refractivity contribution >= 4 is 29.0 Å². The number of hydrogen-bond acceptors (Lipinski definition) is 2. The fourth-order valence-corrected chi connectivity index (χ4v) is 1.36. The summed E-state index contributed by atoms with van der Waals surface area (Å²) in [7, 11) is 0. The van der Waals surface area contributed by atoms with Crippen molar-refractivity contribution in [1.29, 1.82) is 0 Å². The van der Waals surface area contributed by atoms with Gasteiger partial charge in [-0.25, -0.2) is 4.98 Å². The number of aromatic nitrogens is 1. The molecule has 0 saturated heterocycles. The second kappa shape index (κ2) is 3.88. The summed E-state index contributed by atoms with van der Waals surface area (Å²) in [5.41, 5.74) is 2.63. The van der Waals surface area contributed by atoms with Crippen molar-refractivity contribution in [3.8, 4) is 0 Å². The van der Waals surface area contributed by atoms with E-state index in [1.807, 2.05) is 6.08 Å². The highest BCUT2D eigenvalue weighted by Crippen LogP contribution is 2.21. The molecule has 0 aliphatic rings. The van der Waals surface area contributed by atoms with Crippen molar-refractivity contribution in [2.45, 2.75) is 13.8 Å². The van der Waals surface area contributed by atoms with Gasteiger partial charge in [-0.3, -0.25) is 0 Å². The largest absolute Gasteiger partial charge is 0.244 e. The van der Waals surface area contributed by atoms with Gasteiger partial charge in [0, 0.05) is 0 Å². The first-order chi connectivity index (χ1) is 5.20. The lowest BCUT2D eigenvalue weighted by Crippen LogP contribution is -1.77. The van der Waals surface area contributed by atoms with Crippen LogP contribution in [0, 0.1) is 5.92 Å². The molecule has 1 aromatic heterocycles. The number of rotatable bonds is 2. The highest BCUT2D eigenvalue weighted by Gasteiger charge is 1.97. The van der Waals surface area contributed by atoms with Crippen molar-refractivity contribution in [2.75, 3.05) is 0 Å². The summed E-state index contributed by atoms with van der Waals surface area (Å²) in [5.74, 6) is 0.549. The third kappa shape index (κ3) is 2.64. The van der Waals surface area contributed by atoms with E-state index in [9.17, 15) is 0 Å². The summed E-state index contributed by atoms with van der Waals surface area (Å²) < 4.78 is 0.766. The zero-order valence-electron chi connectivity index (χ0n) is 6.54. The highest BCUT2D eigenvalue weighted by molar-refractivity contribution is 7.14. The normalized spacial score (nSPS) is 11.6. The molecule has 60 valence electrons. The molecule has 3 heteroatoms. The predicted molar refractivity (Wildman–Crippen MR) is 51.0 cm³/mol. The smallest absolute Gasteiger partial charge is 0.120 e. The first-order valence-electron chi connectivity index (χ1n) is 3.47. The van der Waals surface area contributed by atoms with Crippen molar-refractivity contribution in [3.05, 3.63) is 21.6 Å². The Hall–Kier alpha value is -0.340. The van der Waals surface area contributed by atoms with Crippen LogP contribution in [0.2, 0.25) is 4.34 Å². The van der Waals surface area contributed by atoms with E-state index in [-0.39, 0.29) is 0 Å². The Balaban J connectivity index is 2.71. The Morgan fingerprint density at radius 3 is 2.82 bits per heavy atom. The maximum absolute atomic E-state index is 5.83. The molecule has 0 unspecified atom stereocenters. The first-order valence-corrected chi connectivity index (χ1v) is 4.73. The minimum absolute atomic E-state index is 0.549. The Labute approximate surface area is 75.7 Å². The van der Waals surface area contributed by atoms with E-state index in [1.54, 1.807) is 5.51 Å². The van der Waals surface area contributed by atoms with E-state index < -0.39 is 0 Å². The fourth-order valence-electron chi connectivity index (χ4n) is 0.633. The molecule has 11 heavy (non-hydrogen) atoms. The number of hydrogen-bond donors (Lipinski definition) is 0. The molecule has 0 spiro atoms. The topological polar surface area (TPSA) is 12.9 Å². The van der Waals surface area contributed by atoms with Gasteiger partial charge in [0.2, 0.25) is 0 Å². The molecule has 0 N–H and O–H groups in total. The van der Waals surface area contributed by atoms with Gasteiger partial charge in [0.15, 0.2) is 0 Å². The van der Waals surface area contributed by atoms with Crippen LogP contribution in [0.4, 0.5) is 0 Å². The van der Waals surface area contributed by atoms with Gasteiger partial charge < -0.3 is 0 Å². The zero-order valence-corrected chi connectivity index (χ0v) is 8.12. The van der Waals surface area contributed by atoms with E-state index in [4.69, 9.17) is 11.6 Å². The molecule has 0 aliphatic carbocycles. The van der Waals surface area contributed by atoms with Crippen molar-refractivity contribution < 1.29 is 0 Å². The van der Waals surface area contributed by atoms with Crippen LogP contribution in [-0.2, 0) is 0 Å². The maximum Gasteiger partial charge on any atom is 0.120 e. The summed E-state index contributed by atoms with van der Waals surface area (Å²) >= 11 is 7.29. The predicted octanol–water partition coefficient (Wildman–Crippen LogP) is 3.47. The van der Waals surface area contributed by atoms with Gasteiger partial charge in [-0.2, -0.15) is 0 Å². The van der Waals surface area contributed by atoms with Crippen LogP contribution < -0.4 is 0 Å². The van der Waals surface area contributed by atoms with Gasteiger partial charge in [-0.05, 0) is 12.0 Å². The van der Waals surface area contributed by atoms with Crippen LogP contribution in [0.5, 0.6) is 0 Å². The standard InChI is InChI=1S/C8H10ClNS/c1-6(2)3-4-7-8(9)11-5-10-7/h3-6H,1-2H3/b4-3+. The molecule has 0 saturated carbocycles. The summed E-state index contributed by atoms with van der Waals surface area (Å²) in [6.07, 6.45) is 4.05. The number of thiazole rings is 1. The quantitative estimate of drug-likeness (QED) is 0.691. The lowest BCUT2D eigenvalue weighted by atomic mass is 10.2. The summed E-state index contributed by atoms with van der Waals surface area (Å²) in [6, 6.07) is 0. The molecule has 0 amide bonds. The van der Waals surface area contributed by atoms with Gasteiger partial charge in [0.25, 0.3) is 0 Å². The van der Waals surface area contributed by atoms with Crippen molar-refractivity contribution in [1.82, 2.24) is 4.98 Å². The van der Waals surface area contributed by atoms with Gasteiger partial charge in [-0.1, -0.05) is 31.5 Å². The minimum atomic E-state index is 0.549. The zero-order chi connectivity index (χ0) is 8.27. The maximum atomic E-state index is 5.83. The summed E-state index contributed by atoms with van der Waals surface area (Å²) in [6.45, 7) is 4.24. The molecular formula is C8H10ClNS. The average molecular weight is 188 g/mol. The van der Waals surface area contributed by atoms with Crippen molar-refractivity contribution in [2.24, 2.45) is 5.92 Å². The first kappa shape index (κ1) is 8.75. The molecular weight excluding hydrogens is 178 g/mol. The third-order valence-corrected chi connectivity index (χ3v) is 2.28. The lowest BCUT2D eigenvalue weighted by molar-refractivity contribution is 0.836. The molecule has 1 heterocycles. The Morgan fingerprint density at radius 1 is 1.64 bits per heavy atom. The number of halogens is 1. The number of nitrogens with zero attached hydrogens (tertiary/aromatic N) is 1. The van der Waals surface area contributed by atoms with Gasteiger partial charge >= 0.3 is 0 Å². The van der Waals surface area contributed by atoms with E-state index in [2.05, 4.69) is 24.9 Å². The molecule has 0 aliphatic heterocycles. The van der Waals surface area contributed by atoms with E-state index in [1.165, 1.54) is 11.3 Å². The third-order valence-electron chi connectivity index (χ3n) is 1.19. The molecule has 0 aromatic carbocycles. The Bertz CT molecular complexity index is 252. The minimum Gasteiger partial charge on any atom is -0.244 e. The van der Waals surface area contributed by atoms with Crippen LogP contribution in [0.1, 0.15) is 19.5 Å². The SMILES string of the molecule is CC(C)/C=C/c1ncsc1Cl. The molecule has 1 nitrogen and oxygen atoms in total. The molecule has 0 radical (unpaired) electrons. The van der Waals surface area contributed by atoms with E-state index in [0.717, 1.165) is 10.0 Å². The second-order valence-electron chi connectivity index (χ2n) is 2.61. The summed E-state index contributed by atoms with van der Waals surface area (Å²) in [5, 5.41) is 0. The molecule has 0 atom stereocenters.